The summed E-state index contributed by atoms with van der Waals surface area (Å²) in [5.74, 6) is 2.01. The van der Waals surface area contributed by atoms with Gasteiger partial charge in [-0.3, -0.25) is 9.69 Å². The van der Waals surface area contributed by atoms with Gasteiger partial charge in [-0.2, -0.15) is 0 Å². The number of carboxylic acid groups (broad SMARTS) is 1. The topological polar surface area (TPSA) is 49.8 Å². The van der Waals surface area contributed by atoms with Crippen LogP contribution in [0.4, 0.5) is 0 Å². The SMILES string of the molecule is CC(C)(C)C1CCC(Oc2ccc3cc(CN4CC5CCCC5[C@@H]4C(=O)O)ccc3c2)CC1. The fourth-order valence-electron chi connectivity index (χ4n) is 6.81. The zero-order valence-corrected chi connectivity index (χ0v) is 20.4. The van der Waals surface area contributed by atoms with Gasteiger partial charge < -0.3 is 9.84 Å². The van der Waals surface area contributed by atoms with Gasteiger partial charge in [-0.25, -0.2) is 0 Å². The zero-order chi connectivity index (χ0) is 23.2. The molecular formula is C29H39NO3. The van der Waals surface area contributed by atoms with Crippen LogP contribution >= 0.6 is 0 Å². The molecule has 0 spiro atoms. The van der Waals surface area contributed by atoms with Crippen LogP contribution in [-0.2, 0) is 11.3 Å². The van der Waals surface area contributed by atoms with Gasteiger partial charge in [-0.05, 0) is 96.2 Å². The van der Waals surface area contributed by atoms with Gasteiger partial charge in [0.1, 0.15) is 11.8 Å². The molecular weight excluding hydrogens is 410 g/mol. The summed E-state index contributed by atoms with van der Waals surface area (Å²) >= 11 is 0. The zero-order valence-electron chi connectivity index (χ0n) is 20.4. The number of nitrogens with zero attached hydrogens (tertiary/aromatic N) is 1. The summed E-state index contributed by atoms with van der Waals surface area (Å²) < 4.78 is 6.37. The smallest absolute Gasteiger partial charge is 0.321 e. The summed E-state index contributed by atoms with van der Waals surface area (Å²) in [6.45, 7) is 8.70. The first-order valence-corrected chi connectivity index (χ1v) is 12.9. The van der Waals surface area contributed by atoms with E-state index >= 15 is 0 Å². The van der Waals surface area contributed by atoms with E-state index in [-0.39, 0.29) is 6.04 Å². The molecule has 2 unspecified atom stereocenters. The van der Waals surface area contributed by atoms with Crippen molar-refractivity contribution in [3.63, 3.8) is 0 Å². The second kappa shape index (κ2) is 8.94. The average molecular weight is 450 g/mol. The van der Waals surface area contributed by atoms with E-state index in [0.717, 1.165) is 44.0 Å². The number of aliphatic carboxylic acids is 1. The second-order valence-electron chi connectivity index (χ2n) is 11.9. The molecule has 2 aromatic rings. The molecule has 0 aromatic heterocycles. The van der Waals surface area contributed by atoms with Crippen LogP contribution in [0.15, 0.2) is 36.4 Å². The minimum absolute atomic E-state index is 0.322. The Kier molecular flexibility index (Phi) is 6.15. The van der Waals surface area contributed by atoms with Crippen LogP contribution in [0.5, 0.6) is 5.75 Å². The van der Waals surface area contributed by atoms with Crippen molar-refractivity contribution in [2.45, 2.75) is 84.4 Å². The van der Waals surface area contributed by atoms with Gasteiger partial charge >= 0.3 is 5.97 Å². The monoisotopic (exact) mass is 449 g/mol. The summed E-state index contributed by atoms with van der Waals surface area (Å²) in [6, 6.07) is 12.6. The lowest BCUT2D eigenvalue weighted by molar-refractivity contribution is -0.143. The Morgan fingerprint density at radius 1 is 1.00 bits per heavy atom. The van der Waals surface area contributed by atoms with Crippen LogP contribution < -0.4 is 4.74 Å². The molecule has 3 fully saturated rings. The van der Waals surface area contributed by atoms with Crippen LogP contribution in [0, 0.1) is 23.2 Å². The first kappa shape index (κ1) is 22.7. The lowest BCUT2D eigenvalue weighted by Gasteiger charge is -2.37. The summed E-state index contributed by atoms with van der Waals surface area (Å²) in [6.07, 6.45) is 8.54. The summed E-state index contributed by atoms with van der Waals surface area (Å²) in [7, 11) is 0. The number of likely N-dealkylation sites (tertiary alicyclic amines) is 1. The van der Waals surface area contributed by atoms with E-state index in [0.29, 0.717) is 23.4 Å². The van der Waals surface area contributed by atoms with Crippen molar-refractivity contribution >= 4 is 16.7 Å². The summed E-state index contributed by atoms with van der Waals surface area (Å²) in [4.78, 5) is 14.2. The third kappa shape index (κ3) is 4.77. The molecule has 178 valence electrons. The fraction of sp³-hybridized carbons (Fsp3) is 0.621. The van der Waals surface area contributed by atoms with E-state index in [1.54, 1.807) is 0 Å². The third-order valence-electron chi connectivity index (χ3n) is 8.70. The minimum atomic E-state index is -0.650. The van der Waals surface area contributed by atoms with E-state index in [4.69, 9.17) is 4.74 Å². The Bertz CT molecular complexity index is 1000. The molecule has 0 radical (unpaired) electrons. The molecule has 33 heavy (non-hydrogen) atoms. The molecule has 2 aromatic carbocycles. The highest BCUT2D eigenvalue weighted by Gasteiger charge is 2.47. The summed E-state index contributed by atoms with van der Waals surface area (Å²) in [5.41, 5.74) is 1.59. The molecule has 0 bridgehead atoms. The molecule has 5 rings (SSSR count). The highest BCUT2D eigenvalue weighted by Crippen LogP contribution is 2.43. The van der Waals surface area contributed by atoms with Crippen LogP contribution in [0.3, 0.4) is 0 Å². The van der Waals surface area contributed by atoms with E-state index in [1.807, 2.05) is 0 Å². The Morgan fingerprint density at radius 2 is 1.73 bits per heavy atom. The van der Waals surface area contributed by atoms with Crippen molar-refractivity contribution in [2.75, 3.05) is 6.54 Å². The van der Waals surface area contributed by atoms with Crippen LogP contribution in [-0.4, -0.2) is 34.7 Å². The number of benzene rings is 2. The molecule has 1 heterocycles. The van der Waals surface area contributed by atoms with Crippen molar-refractivity contribution in [2.24, 2.45) is 23.2 Å². The van der Waals surface area contributed by atoms with E-state index in [9.17, 15) is 9.90 Å². The number of hydrogen-bond acceptors (Lipinski definition) is 3. The van der Waals surface area contributed by atoms with Crippen molar-refractivity contribution < 1.29 is 14.6 Å². The molecule has 3 atom stereocenters. The van der Waals surface area contributed by atoms with Crippen LogP contribution in [0.2, 0.25) is 0 Å². The third-order valence-corrected chi connectivity index (χ3v) is 8.70. The minimum Gasteiger partial charge on any atom is -0.490 e. The maximum absolute atomic E-state index is 12.0. The normalized spacial score (nSPS) is 30.5. The first-order valence-electron chi connectivity index (χ1n) is 12.9. The Labute approximate surface area is 198 Å². The van der Waals surface area contributed by atoms with Crippen molar-refractivity contribution in [3.8, 4) is 5.75 Å². The first-order chi connectivity index (χ1) is 15.8. The van der Waals surface area contributed by atoms with Crippen LogP contribution in [0.25, 0.3) is 10.8 Å². The van der Waals surface area contributed by atoms with Gasteiger partial charge in [0, 0.05) is 13.1 Å². The lowest BCUT2D eigenvalue weighted by atomic mass is 9.72. The standard InChI is InChI=1S/C29H39NO3/c1-29(2,3)23-10-13-24(14-11-23)33-25-12-9-20-15-19(7-8-21(20)16-25)17-30-18-22-5-4-6-26(22)27(30)28(31)32/h7-9,12,15-16,22-24,26-27H,4-6,10-11,13-14,17-18H2,1-3H3,(H,31,32)/t22?,23?,24?,26?,27-/m1/s1. The quantitative estimate of drug-likeness (QED) is 0.565. The Morgan fingerprint density at radius 3 is 2.45 bits per heavy atom. The molecule has 4 heteroatoms. The number of hydrogen-bond donors (Lipinski definition) is 1. The van der Waals surface area contributed by atoms with Crippen LogP contribution in [0.1, 0.15) is 71.3 Å². The van der Waals surface area contributed by atoms with Gasteiger partial charge in [0.25, 0.3) is 0 Å². The Hall–Kier alpha value is -2.07. The largest absolute Gasteiger partial charge is 0.490 e. The van der Waals surface area contributed by atoms with Crippen molar-refractivity contribution in [1.82, 2.24) is 4.90 Å². The molecule has 1 saturated heterocycles. The number of rotatable bonds is 5. The Balaban J connectivity index is 1.24. The molecule has 3 aliphatic rings. The molecule has 1 aliphatic heterocycles. The van der Waals surface area contributed by atoms with E-state index in [1.165, 1.54) is 42.0 Å². The van der Waals surface area contributed by atoms with Gasteiger partial charge in [-0.15, -0.1) is 0 Å². The molecule has 4 nitrogen and oxygen atoms in total. The molecule has 1 N–H and O–H groups in total. The fourth-order valence-corrected chi connectivity index (χ4v) is 6.81. The maximum atomic E-state index is 12.0. The summed E-state index contributed by atoms with van der Waals surface area (Å²) in [5, 5.41) is 12.2. The maximum Gasteiger partial charge on any atom is 0.321 e. The predicted molar refractivity (Wildman–Crippen MR) is 132 cm³/mol. The number of carbonyl (C=O) groups is 1. The number of fused-ring (bicyclic) bond motifs is 2. The highest BCUT2D eigenvalue weighted by molar-refractivity contribution is 5.84. The molecule has 0 amide bonds. The average Bonchev–Trinajstić information content (AvgIpc) is 3.34. The van der Waals surface area contributed by atoms with Gasteiger partial charge in [-0.1, -0.05) is 45.4 Å². The second-order valence-corrected chi connectivity index (χ2v) is 11.9. The van der Waals surface area contributed by atoms with E-state index in [2.05, 4.69) is 62.1 Å². The highest BCUT2D eigenvalue weighted by atomic mass is 16.5. The van der Waals surface area contributed by atoms with Crippen molar-refractivity contribution in [1.29, 1.82) is 0 Å². The number of carboxylic acids is 1. The van der Waals surface area contributed by atoms with Gasteiger partial charge in [0.15, 0.2) is 0 Å². The molecule has 2 aliphatic carbocycles. The number of ether oxygens (including phenoxy) is 1. The van der Waals surface area contributed by atoms with Crippen molar-refractivity contribution in [3.05, 3.63) is 42.0 Å². The van der Waals surface area contributed by atoms with E-state index < -0.39 is 5.97 Å². The predicted octanol–water partition coefficient (Wildman–Crippen LogP) is 6.51. The molecule has 2 saturated carbocycles. The van der Waals surface area contributed by atoms with Gasteiger partial charge in [0.05, 0.1) is 6.10 Å². The lowest BCUT2D eigenvalue weighted by Crippen LogP contribution is -2.39. The van der Waals surface area contributed by atoms with Gasteiger partial charge in [0.2, 0.25) is 0 Å².